The van der Waals surface area contributed by atoms with Crippen molar-refractivity contribution in [3.05, 3.63) is 48.5 Å². The van der Waals surface area contributed by atoms with E-state index in [0.29, 0.717) is 28.6 Å². The van der Waals surface area contributed by atoms with Gasteiger partial charge in [-0.05, 0) is 63.8 Å². The summed E-state index contributed by atoms with van der Waals surface area (Å²) in [6.07, 6.45) is 3.01. The molecule has 15 heteroatoms. The molecule has 1 saturated carbocycles. The number of amides is 3. The van der Waals surface area contributed by atoms with E-state index < -0.39 is 58.6 Å². The van der Waals surface area contributed by atoms with Crippen LogP contribution in [-0.2, 0) is 23.9 Å². The lowest BCUT2D eigenvalue weighted by molar-refractivity contribution is -0.150. The van der Waals surface area contributed by atoms with Crippen molar-refractivity contribution in [3.63, 3.8) is 0 Å². The van der Waals surface area contributed by atoms with E-state index in [2.05, 4.69) is 22.2 Å². The van der Waals surface area contributed by atoms with Gasteiger partial charge in [-0.3, -0.25) is 9.59 Å². The van der Waals surface area contributed by atoms with E-state index >= 15 is 0 Å². The van der Waals surface area contributed by atoms with E-state index in [9.17, 15) is 19.2 Å². The van der Waals surface area contributed by atoms with Crippen LogP contribution >= 0.6 is 11.3 Å². The number of esters is 1. The summed E-state index contributed by atoms with van der Waals surface area (Å²) >= 11 is 1.41. The summed E-state index contributed by atoms with van der Waals surface area (Å²) < 4.78 is 16.2. The molecule has 14 nitrogen and oxygen atoms in total. The van der Waals surface area contributed by atoms with Crippen LogP contribution in [0.5, 0.6) is 5.75 Å². The summed E-state index contributed by atoms with van der Waals surface area (Å²) in [7, 11) is 1.59. The molecule has 2 aromatic heterocycles. The van der Waals surface area contributed by atoms with Crippen LogP contribution in [0.3, 0.4) is 0 Å². The molecule has 3 aromatic rings. The van der Waals surface area contributed by atoms with Crippen LogP contribution < -0.4 is 15.4 Å². The number of nitrogens with zero attached hydrogens (tertiary/aromatic N) is 5. The van der Waals surface area contributed by atoms with Crippen LogP contribution in [0, 0.1) is 11.3 Å². The number of ether oxygens (including phenoxy) is 3. The lowest BCUT2D eigenvalue weighted by Gasteiger charge is -2.36. The third-order valence-electron chi connectivity index (χ3n) is 8.88. The van der Waals surface area contributed by atoms with Gasteiger partial charge in [0.2, 0.25) is 11.8 Å². The zero-order valence-electron chi connectivity index (χ0n) is 30.4. The summed E-state index contributed by atoms with van der Waals surface area (Å²) in [4.78, 5) is 62.3. The second kappa shape index (κ2) is 14.4. The van der Waals surface area contributed by atoms with Crippen molar-refractivity contribution in [2.75, 3.05) is 20.3 Å². The highest BCUT2D eigenvalue weighted by atomic mass is 32.1. The fourth-order valence-corrected chi connectivity index (χ4v) is 6.81. The van der Waals surface area contributed by atoms with Crippen LogP contribution in [0.15, 0.2) is 48.5 Å². The molecule has 2 aliphatic rings. The Hall–Kier alpha value is -4.79. The molecule has 1 aliphatic carbocycles. The molecule has 2 N–H and O–H groups in total. The Morgan fingerprint density at radius 2 is 1.78 bits per heavy atom. The van der Waals surface area contributed by atoms with E-state index in [-0.39, 0.29) is 25.5 Å². The molecule has 3 heterocycles. The third kappa shape index (κ3) is 8.08. The number of rotatable bonds is 11. The molecule has 274 valence electrons. The fraction of sp³-hybridized carbons (Fsp3) is 0.528. The van der Waals surface area contributed by atoms with Gasteiger partial charge in [0.05, 0.1) is 19.8 Å². The van der Waals surface area contributed by atoms with Crippen molar-refractivity contribution in [3.8, 4) is 27.7 Å². The summed E-state index contributed by atoms with van der Waals surface area (Å²) in [5, 5.41) is 17.9. The number of aromatic nitrogens is 4. The van der Waals surface area contributed by atoms with E-state index in [1.807, 2.05) is 50.4 Å². The van der Waals surface area contributed by atoms with Gasteiger partial charge >= 0.3 is 12.1 Å². The number of likely N-dealkylation sites (tertiary alicyclic amines) is 1. The van der Waals surface area contributed by atoms with Gasteiger partial charge in [0.1, 0.15) is 45.4 Å². The summed E-state index contributed by atoms with van der Waals surface area (Å²) in [5.74, 6) is -1.21. The predicted octanol–water partition coefficient (Wildman–Crippen LogP) is 4.78. The first-order chi connectivity index (χ1) is 24.0. The zero-order valence-corrected chi connectivity index (χ0v) is 31.2. The zero-order chi connectivity index (χ0) is 37.3. The highest BCUT2D eigenvalue weighted by molar-refractivity contribution is 7.13. The Kier molecular flexibility index (Phi) is 10.6. The smallest absolute Gasteiger partial charge is 0.408 e. The van der Waals surface area contributed by atoms with Crippen molar-refractivity contribution in [2.24, 2.45) is 11.3 Å². The summed E-state index contributed by atoms with van der Waals surface area (Å²) in [5.41, 5.74) is -0.940. The Morgan fingerprint density at radius 3 is 2.33 bits per heavy atom. The highest BCUT2D eigenvalue weighted by Gasteiger charge is 2.62. The van der Waals surface area contributed by atoms with Crippen molar-refractivity contribution < 1.29 is 33.4 Å². The molecule has 2 fully saturated rings. The highest BCUT2D eigenvalue weighted by Crippen LogP contribution is 2.46. The molecule has 1 aliphatic heterocycles. The molecule has 51 heavy (non-hydrogen) atoms. The molecule has 1 aromatic carbocycles. The quantitative estimate of drug-likeness (QED) is 0.208. The number of carbonyl (C=O) groups excluding carboxylic acids is 4. The molecule has 3 amide bonds. The van der Waals surface area contributed by atoms with Gasteiger partial charge in [0.15, 0.2) is 0 Å². The maximum absolute atomic E-state index is 14.6. The number of hydrogen-bond donors (Lipinski definition) is 2. The van der Waals surface area contributed by atoms with E-state index in [0.717, 1.165) is 5.56 Å². The monoisotopic (exact) mass is 721 g/mol. The Labute approximate surface area is 301 Å². The fourth-order valence-electron chi connectivity index (χ4n) is 6.19. The van der Waals surface area contributed by atoms with Gasteiger partial charge in [-0.2, -0.15) is 9.90 Å². The molecule has 0 radical (unpaired) electrons. The SMILES string of the molecule is C=CC1C[C@]1(NC(=O)[C@@H]1CC(n2nc(-c3ccc(OC)cc3)c(-c3nccs3)n2)CN1C(=O)[C@@H](NC(=O)OC(C)(C)C)C(C)(C)C)C(=O)OCC. The van der Waals surface area contributed by atoms with Crippen LogP contribution in [0.2, 0.25) is 0 Å². The van der Waals surface area contributed by atoms with Gasteiger partial charge in [0, 0.05) is 36.0 Å². The number of benzene rings is 1. The van der Waals surface area contributed by atoms with Gasteiger partial charge < -0.3 is 29.7 Å². The lowest BCUT2D eigenvalue weighted by atomic mass is 9.85. The van der Waals surface area contributed by atoms with Crippen LogP contribution in [0.4, 0.5) is 4.79 Å². The van der Waals surface area contributed by atoms with Crippen molar-refractivity contribution >= 4 is 35.2 Å². The van der Waals surface area contributed by atoms with Gasteiger partial charge in [0.25, 0.3) is 0 Å². The largest absolute Gasteiger partial charge is 0.497 e. The van der Waals surface area contributed by atoms with Gasteiger partial charge in [-0.15, -0.1) is 23.0 Å². The molecule has 0 bridgehead atoms. The number of alkyl carbamates (subject to hydrolysis) is 1. The first-order valence-corrected chi connectivity index (χ1v) is 17.8. The predicted molar refractivity (Wildman–Crippen MR) is 191 cm³/mol. The van der Waals surface area contributed by atoms with Crippen LogP contribution in [-0.4, -0.2) is 92.2 Å². The van der Waals surface area contributed by atoms with Crippen molar-refractivity contribution in [2.45, 2.75) is 90.6 Å². The number of carbonyl (C=O) groups is 4. The summed E-state index contributed by atoms with van der Waals surface area (Å²) in [6.45, 7) is 16.4. The molecule has 1 saturated heterocycles. The van der Waals surface area contributed by atoms with Crippen LogP contribution in [0.1, 0.15) is 67.3 Å². The minimum Gasteiger partial charge on any atom is -0.497 e. The first kappa shape index (κ1) is 37.5. The molecular weight excluding hydrogens is 675 g/mol. The Bertz CT molecular complexity index is 1760. The maximum atomic E-state index is 14.6. The normalized spacial score (nSPS) is 22.1. The standard InChI is InChI=1S/C36H47N7O7S/c1-10-22-19-36(22,32(46)49-11-2)39-29(44)25-18-23(20-42(25)31(45)28(34(3,4)5)38-33(47)50-35(6,7)8)43-40-26(21-12-14-24(48-9)15-13-21)27(41-43)30-37-16-17-51-30/h10,12-17,22-23,25,28H,1,11,18-20H2,2-9H3,(H,38,47)(H,39,44)/t22?,23?,25-,28+,36+/m0/s1. The first-order valence-electron chi connectivity index (χ1n) is 16.9. The summed E-state index contributed by atoms with van der Waals surface area (Å²) in [6, 6.07) is 4.76. The van der Waals surface area contributed by atoms with Crippen molar-refractivity contribution in [1.82, 2.24) is 35.5 Å². The minimum absolute atomic E-state index is 0.0465. The average Bonchev–Trinajstić information content (AvgIpc) is 3.51. The number of hydrogen-bond acceptors (Lipinski definition) is 11. The molecule has 5 atom stereocenters. The van der Waals surface area contributed by atoms with E-state index in [4.69, 9.17) is 24.4 Å². The van der Waals surface area contributed by atoms with E-state index in [1.165, 1.54) is 21.0 Å². The Balaban J connectivity index is 1.52. The lowest BCUT2D eigenvalue weighted by Crippen LogP contribution is -2.59. The Morgan fingerprint density at radius 1 is 1.10 bits per heavy atom. The minimum atomic E-state index is -1.27. The van der Waals surface area contributed by atoms with E-state index in [1.54, 1.807) is 47.1 Å². The van der Waals surface area contributed by atoms with Crippen LogP contribution in [0.25, 0.3) is 22.0 Å². The number of nitrogens with one attached hydrogen (secondary N) is 2. The second-order valence-corrected chi connectivity index (χ2v) is 15.7. The molecule has 5 rings (SSSR count). The average molecular weight is 722 g/mol. The van der Waals surface area contributed by atoms with Crippen molar-refractivity contribution in [1.29, 1.82) is 0 Å². The molecule has 0 spiro atoms. The number of thiazole rings is 1. The second-order valence-electron chi connectivity index (χ2n) is 14.9. The number of methoxy groups -OCH3 is 1. The third-order valence-corrected chi connectivity index (χ3v) is 9.66. The molecular formula is C36H47N7O7S. The maximum Gasteiger partial charge on any atom is 0.408 e. The topological polar surface area (TPSA) is 167 Å². The molecule has 2 unspecified atom stereocenters. The van der Waals surface area contributed by atoms with Gasteiger partial charge in [-0.25, -0.2) is 14.6 Å². The van der Waals surface area contributed by atoms with Gasteiger partial charge in [-0.1, -0.05) is 26.8 Å².